The molecule has 0 spiro atoms. The van der Waals surface area contributed by atoms with Gasteiger partial charge in [-0.3, -0.25) is 19.5 Å². The highest BCUT2D eigenvalue weighted by Crippen LogP contribution is 2.45. The molecule has 170 valence electrons. The minimum Gasteiger partial charge on any atom is -0.507 e. The van der Waals surface area contributed by atoms with Crippen molar-refractivity contribution < 1.29 is 24.2 Å². The second kappa shape index (κ2) is 8.60. The number of aliphatic hydroxyl groups is 1. The Balaban J connectivity index is 1.73. The van der Waals surface area contributed by atoms with Crippen LogP contribution in [0.4, 0.5) is 5.13 Å². The number of para-hydroxylation sites is 1. The predicted octanol–water partition coefficient (Wildman–Crippen LogP) is 4.33. The lowest BCUT2D eigenvalue weighted by molar-refractivity contribution is -0.132. The molecule has 1 saturated heterocycles. The van der Waals surface area contributed by atoms with E-state index in [1.54, 1.807) is 42.7 Å². The Labute approximate surface area is 198 Å². The molecule has 8 nitrogen and oxygen atoms in total. The molecule has 2 aromatic heterocycles. The highest BCUT2D eigenvalue weighted by Gasteiger charge is 2.48. The highest BCUT2D eigenvalue weighted by atomic mass is 32.1. The number of amides is 1. The van der Waals surface area contributed by atoms with Crippen LogP contribution in [-0.2, 0) is 9.59 Å². The predicted molar refractivity (Wildman–Crippen MR) is 128 cm³/mol. The number of benzene rings is 2. The summed E-state index contributed by atoms with van der Waals surface area (Å²) in [6.07, 6.45) is 3.14. The Bertz CT molecular complexity index is 1410. The molecule has 1 amide bonds. The van der Waals surface area contributed by atoms with E-state index in [9.17, 15) is 14.7 Å². The average Bonchev–Trinajstić information content (AvgIpc) is 3.42. The summed E-state index contributed by atoms with van der Waals surface area (Å²) in [6, 6.07) is 14.8. The SMILES string of the molecule is COc1ccc(/C(O)=C2\C(=O)C(=O)N(c3nc4ccccc4s3)C2c2ccncc2)c(OC)c1. The maximum atomic E-state index is 13.3. The molecule has 1 fully saturated rings. The molecule has 0 bridgehead atoms. The standard InChI is InChI=1S/C25H19N3O5S/c1-32-15-7-8-16(18(13-15)33-2)22(29)20-21(14-9-11-26-12-10-14)28(24(31)23(20)30)25-27-17-5-3-4-6-19(17)34-25/h3-13,21,29H,1-2H3/b22-20+. The number of fused-ring (bicyclic) bond motifs is 1. The van der Waals surface area contributed by atoms with Gasteiger partial charge in [-0.05, 0) is 42.0 Å². The summed E-state index contributed by atoms with van der Waals surface area (Å²) >= 11 is 1.30. The van der Waals surface area contributed by atoms with Crippen LogP contribution in [0.3, 0.4) is 0 Å². The molecule has 3 heterocycles. The molecule has 5 rings (SSSR count). The van der Waals surface area contributed by atoms with E-state index in [4.69, 9.17) is 9.47 Å². The lowest BCUT2D eigenvalue weighted by Crippen LogP contribution is -2.29. The zero-order chi connectivity index (χ0) is 23.8. The summed E-state index contributed by atoms with van der Waals surface area (Å²) in [5.74, 6) is -1.10. The van der Waals surface area contributed by atoms with Crippen LogP contribution >= 0.6 is 11.3 Å². The second-order valence-electron chi connectivity index (χ2n) is 7.48. The van der Waals surface area contributed by atoms with Crippen molar-refractivity contribution in [1.82, 2.24) is 9.97 Å². The van der Waals surface area contributed by atoms with Crippen molar-refractivity contribution >= 4 is 44.1 Å². The Morgan fingerprint density at radius 3 is 2.50 bits per heavy atom. The van der Waals surface area contributed by atoms with Crippen molar-refractivity contribution in [3.63, 3.8) is 0 Å². The maximum absolute atomic E-state index is 13.3. The molecule has 1 aliphatic rings. The fourth-order valence-corrected chi connectivity index (χ4v) is 4.99. The number of ether oxygens (including phenoxy) is 2. The quantitative estimate of drug-likeness (QED) is 0.261. The first-order valence-corrected chi connectivity index (χ1v) is 11.1. The van der Waals surface area contributed by atoms with Crippen LogP contribution in [0.25, 0.3) is 16.0 Å². The highest BCUT2D eigenvalue weighted by molar-refractivity contribution is 7.22. The van der Waals surface area contributed by atoms with Gasteiger partial charge in [-0.25, -0.2) is 4.98 Å². The van der Waals surface area contributed by atoms with Gasteiger partial charge in [0.2, 0.25) is 0 Å². The van der Waals surface area contributed by atoms with Crippen LogP contribution in [0.15, 0.2) is 72.6 Å². The number of ketones is 1. The topological polar surface area (TPSA) is 102 Å². The third-order valence-corrected chi connectivity index (χ3v) is 6.65. The number of Topliss-reactive ketones (excluding diaryl/α,β-unsaturated/α-hetero) is 1. The van der Waals surface area contributed by atoms with Gasteiger partial charge in [0.1, 0.15) is 17.3 Å². The second-order valence-corrected chi connectivity index (χ2v) is 8.49. The first kappa shape index (κ1) is 21.6. The Hall–Kier alpha value is -4.24. The van der Waals surface area contributed by atoms with Gasteiger partial charge in [-0.2, -0.15) is 0 Å². The summed E-state index contributed by atoms with van der Waals surface area (Å²) in [7, 11) is 2.97. The van der Waals surface area contributed by atoms with Crippen LogP contribution in [-0.4, -0.2) is 41.0 Å². The third kappa shape index (κ3) is 3.46. The summed E-state index contributed by atoms with van der Waals surface area (Å²) in [4.78, 5) is 36.6. The van der Waals surface area contributed by atoms with Crippen molar-refractivity contribution in [3.8, 4) is 11.5 Å². The number of hydrogen-bond acceptors (Lipinski definition) is 8. The van der Waals surface area contributed by atoms with Crippen molar-refractivity contribution in [2.45, 2.75) is 6.04 Å². The summed E-state index contributed by atoms with van der Waals surface area (Å²) in [5.41, 5.74) is 1.54. The van der Waals surface area contributed by atoms with Gasteiger partial charge in [-0.15, -0.1) is 0 Å². The van der Waals surface area contributed by atoms with Gasteiger partial charge in [0.15, 0.2) is 5.13 Å². The number of hydrogen-bond donors (Lipinski definition) is 1. The first-order valence-electron chi connectivity index (χ1n) is 10.3. The smallest absolute Gasteiger partial charge is 0.301 e. The van der Waals surface area contributed by atoms with Crippen LogP contribution in [0.5, 0.6) is 11.5 Å². The van der Waals surface area contributed by atoms with Gasteiger partial charge in [0.05, 0.1) is 41.6 Å². The van der Waals surface area contributed by atoms with Gasteiger partial charge in [0, 0.05) is 18.5 Å². The molecule has 4 aromatic rings. The van der Waals surface area contributed by atoms with E-state index >= 15 is 0 Å². The molecule has 2 aromatic carbocycles. The summed E-state index contributed by atoms with van der Waals surface area (Å²) in [6.45, 7) is 0. The summed E-state index contributed by atoms with van der Waals surface area (Å²) in [5, 5.41) is 11.7. The Kier molecular flexibility index (Phi) is 5.46. The molecule has 0 aliphatic carbocycles. The number of nitrogens with zero attached hydrogens (tertiary/aromatic N) is 3. The average molecular weight is 474 g/mol. The lowest BCUT2D eigenvalue weighted by Gasteiger charge is -2.23. The monoisotopic (exact) mass is 473 g/mol. The van der Waals surface area contributed by atoms with Crippen molar-refractivity contribution in [1.29, 1.82) is 0 Å². The number of carbonyl (C=O) groups excluding carboxylic acids is 2. The lowest BCUT2D eigenvalue weighted by atomic mass is 9.95. The number of pyridine rings is 1. The van der Waals surface area contributed by atoms with Crippen LogP contribution in [0.1, 0.15) is 17.2 Å². The number of methoxy groups -OCH3 is 2. The molecule has 34 heavy (non-hydrogen) atoms. The number of rotatable bonds is 5. The minimum atomic E-state index is -0.893. The molecule has 0 radical (unpaired) electrons. The number of anilines is 1. The number of aromatic nitrogens is 2. The maximum Gasteiger partial charge on any atom is 0.301 e. The molecule has 1 atom stereocenters. The van der Waals surface area contributed by atoms with Crippen molar-refractivity contribution in [2.75, 3.05) is 19.1 Å². The van der Waals surface area contributed by atoms with E-state index < -0.39 is 17.7 Å². The Morgan fingerprint density at radius 2 is 1.79 bits per heavy atom. The van der Waals surface area contributed by atoms with E-state index in [-0.39, 0.29) is 16.9 Å². The zero-order valence-electron chi connectivity index (χ0n) is 18.3. The van der Waals surface area contributed by atoms with E-state index in [2.05, 4.69) is 9.97 Å². The largest absolute Gasteiger partial charge is 0.507 e. The fourth-order valence-electron chi connectivity index (χ4n) is 3.99. The molecule has 0 saturated carbocycles. The molecule has 1 aliphatic heterocycles. The molecule has 1 unspecified atom stereocenters. The van der Waals surface area contributed by atoms with Crippen LogP contribution in [0, 0.1) is 0 Å². The fraction of sp³-hybridized carbons (Fsp3) is 0.120. The first-order chi connectivity index (χ1) is 16.5. The molecule has 9 heteroatoms. The zero-order valence-corrected chi connectivity index (χ0v) is 19.1. The number of thiazole rings is 1. The van der Waals surface area contributed by atoms with E-state index in [0.29, 0.717) is 22.2 Å². The van der Waals surface area contributed by atoms with Gasteiger partial charge < -0.3 is 14.6 Å². The van der Waals surface area contributed by atoms with Crippen molar-refractivity contribution in [3.05, 3.63) is 83.7 Å². The molecular weight excluding hydrogens is 454 g/mol. The number of aliphatic hydroxyl groups excluding tert-OH is 1. The third-order valence-electron chi connectivity index (χ3n) is 5.62. The number of carbonyl (C=O) groups is 2. The van der Waals surface area contributed by atoms with E-state index in [1.165, 1.54) is 30.5 Å². The van der Waals surface area contributed by atoms with E-state index in [1.807, 2.05) is 24.3 Å². The van der Waals surface area contributed by atoms with Crippen molar-refractivity contribution in [2.24, 2.45) is 0 Å². The van der Waals surface area contributed by atoms with E-state index in [0.717, 1.165) is 10.2 Å². The molecular formula is C25H19N3O5S. The Morgan fingerprint density at radius 1 is 1.03 bits per heavy atom. The van der Waals surface area contributed by atoms with Crippen LogP contribution in [0.2, 0.25) is 0 Å². The van der Waals surface area contributed by atoms with Gasteiger partial charge >= 0.3 is 5.91 Å². The normalized spacial score (nSPS) is 17.4. The van der Waals surface area contributed by atoms with Crippen LogP contribution < -0.4 is 14.4 Å². The van der Waals surface area contributed by atoms with Gasteiger partial charge in [-0.1, -0.05) is 23.5 Å². The summed E-state index contributed by atoms with van der Waals surface area (Å²) < 4.78 is 11.5. The molecule has 1 N–H and O–H groups in total. The minimum absolute atomic E-state index is 0.0566. The van der Waals surface area contributed by atoms with Gasteiger partial charge in [0.25, 0.3) is 5.78 Å².